The van der Waals surface area contributed by atoms with Crippen molar-refractivity contribution in [2.24, 2.45) is 0 Å². The highest BCUT2D eigenvalue weighted by molar-refractivity contribution is 7.89. The summed E-state index contributed by atoms with van der Waals surface area (Å²) < 4.78 is 33.0. The number of rotatable bonds is 8. The van der Waals surface area contributed by atoms with Crippen molar-refractivity contribution in [3.05, 3.63) is 65.2 Å². The summed E-state index contributed by atoms with van der Waals surface area (Å²) >= 11 is 0. The Hall–Kier alpha value is -1.73. The van der Waals surface area contributed by atoms with E-state index in [1.807, 2.05) is 44.2 Å². The minimum Gasteiger partial charge on any atom is -0.394 e. The van der Waals surface area contributed by atoms with Crippen LogP contribution in [-0.2, 0) is 14.8 Å². The molecule has 1 atom stereocenters. The lowest BCUT2D eigenvalue weighted by atomic mass is 10.1. The van der Waals surface area contributed by atoms with Crippen molar-refractivity contribution >= 4 is 10.0 Å². The van der Waals surface area contributed by atoms with E-state index in [4.69, 9.17) is 9.84 Å². The van der Waals surface area contributed by atoms with Gasteiger partial charge in [-0.1, -0.05) is 42.0 Å². The highest BCUT2D eigenvalue weighted by Crippen LogP contribution is 2.19. The molecule has 0 saturated carbocycles. The first-order valence-electron chi connectivity index (χ1n) is 7.78. The van der Waals surface area contributed by atoms with Gasteiger partial charge in [0.1, 0.15) is 0 Å². The van der Waals surface area contributed by atoms with Crippen molar-refractivity contribution in [1.29, 1.82) is 0 Å². The van der Waals surface area contributed by atoms with Gasteiger partial charge >= 0.3 is 0 Å². The SMILES string of the molecule is Cc1ccc(C(CNS(=O)(=O)c2cccc(C)c2)OCCO)cc1. The Morgan fingerprint density at radius 3 is 2.42 bits per heavy atom. The van der Waals surface area contributed by atoms with Gasteiger partial charge in [0.15, 0.2) is 0 Å². The molecule has 0 heterocycles. The zero-order valence-electron chi connectivity index (χ0n) is 13.9. The van der Waals surface area contributed by atoms with Crippen molar-refractivity contribution in [3.8, 4) is 0 Å². The third-order valence-electron chi connectivity index (χ3n) is 3.62. The highest BCUT2D eigenvalue weighted by Gasteiger charge is 2.18. The Bertz CT molecular complexity index is 757. The summed E-state index contributed by atoms with van der Waals surface area (Å²) in [5, 5.41) is 8.98. The molecular weight excluding hydrogens is 326 g/mol. The van der Waals surface area contributed by atoms with E-state index in [0.717, 1.165) is 16.7 Å². The summed E-state index contributed by atoms with van der Waals surface area (Å²) in [5.74, 6) is 0. The average molecular weight is 349 g/mol. The number of hydrogen-bond donors (Lipinski definition) is 2. The van der Waals surface area contributed by atoms with E-state index in [1.54, 1.807) is 18.2 Å². The quantitative estimate of drug-likeness (QED) is 0.767. The minimum atomic E-state index is -3.61. The smallest absolute Gasteiger partial charge is 0.240 e. The predicted octanol–water partition coefficient (Wildman–Crippen LogP) is 2.33. The first-order valence-corrected chi connectivity index (χ1v) is 9.26. The molecule has 0 aromatic heterocycles. The summed E-state index contributed by atoms with van der Waals surface area (Å²) in [6.45, 7) is 3.95. The van der Waals surface area contributed by atoms with Crippen LogP contribution in [0, 0.1) is 13.8 Å². The third-order valence-corrected chi connectivity index (χ3v) is 5.04. The van der Waals surface area contributed by atoms with Crippen LogP contribution in [0.15, 0.2) is 53.4 Å². The van der Waals surface area contributed by atoms with E-state index < -0.39 is 16.1 Å². The van der Waals surface area contributed by atoms with E-state index in [-0.39, 0.29) is 24.7 Å². The molecule has 2 aromatic carbocycles. The molecule has 0 bridgehead atoms. The molecule has 0 amide bonds. The second kappa shape index (κ2) is 8.39. The largest absolute Gasteiger partial charge is 0.394 e. The van der Waals surface area contributed by atoms with E-state index in [9.17, 15) is 8.42 Å². The lowest BCUT2D eigenvalue weighted by molar-refractivity contribution is 0.0309. The first kappa shape index (κ1) is 18.6. The van der Waals surface area contributed by atoms with Crippen LogP contribution in [0.3, 0.4) is 0 Å². The fourth-order valence-corrected chi connectivity index (χ4v) is 3.44. The van der Waals surface area contributed by atoms with Gasteiger partial charge in [-0.3, -0.25) is 0 Å². The van der Waals surface area contributed by atoms with Gasteiger partial charge in [0, 0.05) is 6.54 Å². The Morgan fingerprint density at radius 2 is 1.79 bits per heavy atom. The molecule has 0 aliphatic rings. The summed E-state index contributed by atoms with van der Waals surface area (Å²) in [6.07, 6.45) is -0.461. The number of nitrogens with one attached hydrogen (secondary N) is 1. The minimum absolute atomic E-state index is 0.0966. The molecule has 5 nitrogen and oxygen atoms in total. The molecule has 0 saturated heterocycles. The second-order valence-corrected chi connectivity index (χ2v) is 7.43. The zero-order chi connectivity index (χ0) is 17.6. The Kier molecular flexibility index (Phi) is 6.51. The maximum absolute atomic E-state index is 12.4. The molecule has 6 heteroatoms. The van der Waals surface area contributed by atoms with Gasteiger partial charge < -0.3 is 9.84 Å². The predicted molar refractivity (Wildman–Crippen MR) is 93.3 cm³/mol. The van der Waals surface area contributed by atoms with Crippen LogP contribution >= 0.6 is 0 Å². The molecule has 2 aromatic rings. The fraction of sp³-hybridized carbons (Fsp3) is 0.333. The number of aryl methyl sites for hydroxylation is 2. The van der Waals surface area contributed by atoms with Crippen LogP contribution in [0.25, 0.3) is 0 Å². The molecule has 2 N–H and O–H groups in total. The molecule has 0 aliphatic carbocycles. The molecule has 1 unspecified atom stereocenters. The van der Waals surface area contributed by atoms with Crippen LogP contribution in [-0.4, -0.2) is 33.3 Å². The lowest BCUT2D eigenvalue weighted by Gasteiger charge is -2.19. The normalized spacial score (nSPS) is 13.0. The molecule has 24 heavy (non-hydrogen) atoms. The van der Waals surface area contributed by atoms with E-state index in [1.165, 1.54) is 0 Å². The van der Waals surface area contributed by atoms with E-state index in [0.29, 0.717) is 0 Å². The van der Waals surface area contributed by atoms with Crippen LogP contribution in [0.2, 0.25) is 0 Å². The Morgan fingerprint density at radius 1 is 1.08 bits per heavy atom. The van der Waals surface area contributed by atoms with Crippen LogP contribution in [0.4, 0.5) is 0 Å². The topological polar surface area (TPSA) is 75.6 Å². The number of sulfonamides is 1. The van der Waals surface area contributed by atoms with Gasteiger partial charge in [0.25, 0.3) is 0 Å². The molecular formula is C18H23NO4S. The van der Waals surface area contributed by atoms with Gasteiger partial charge in [-0.25, -0.2) is 13.1 Å². The summed E-state index contributed by atoms with van der Waals surface area (Å²) in [6, 6.07) is 14.4. The molecule has 0 aliphatic heterocycles. The maximum atomic E-state index is 12.4. The molecule has 0 spiro atoms. The molecule has 0 radical (unpaired) electrons. The fourth-order valence-electron chi connectivity index (χ4n) is 2.30. The average Bonchev–Trinajstić information content (AvgIpc) is 2.56. The van der Waals surface area contributed by atoms with Crippen molar-refractivity contribution in [3.63, 3.8) is 0 Å². The van der Waals surface area contributed by atoms with Crippen molar-refractivity contribution in [2.75, 3.05) is 19.8 Å². The van der Waals surface area contributed by atoms with Crippen molar-refractivity contribution in [1.82, 2.24) is 4.72 Å². The van der Waals surface area contributed by atoms with Crippen molar-refractivity contribution in [2.45, 2.75) is 24.8 Å². The van der Waals surface area contributed by atoms with Gasteiger partial charge in [-0.2, -0.15) is 0 Å². The van der Waals surface area contributed by atoms with Crippen molar-refractivity contribution < 1.29 is 18.3 Å². The Labute approximate surface area is 143 Å². The monoisotopic (exact) mass is 349 g/mol. The van der Waals surface area contributed by atoms with Crippen LogP contribution < -0.4 is 4.72 Å². The molecule has 0 fully saturated rings. The summed E-state index contributed by atoms with van der Waals surface area (Å²) in [7, 11) is -3.61. The lowest BCUT2D eigenvalue weighted by Crippen LogP contribution is -2.30. The van der Waals surface area contributed by atoms with Gasteiger partial charge in [0.2, 0.25) is 10.0 Å². The van der Waals surface area contributed by atoms with Crippen LogP contribution in [0.5, 0.6) is 0 Å². The number of benzene rings is 2. The number of aliphatic hydroxyl groups is 1. The summed E-state index contributed by atoms with van der Waals surface area (Å²) in [5.41, 5.74) is 2.85. The van der Waals surface area contributed by atoms with Gasteiger partial charge in [-0.05, 0) is 37.1 Å². The highest BCUT2D eigenvalue weighted by atomic mass is 32.2. The summed E-state index contributed by atoms with van der Waals surface area (Å²) in [4.78, 5) is 0.229. The third kappa shape index (κ3) is 5.14. The standard InChI is InChI=1S/C18H23NO4S/c1-14-6-8-16(9-7-14)18(23-11-10-20)13-19-24(21,22)17-5-3-4-15(2)12-17/h3-9,12,18-20H,10-11,13H2,1-2H3. The number of ether oxygens (including phenoxy) is 1. The molecule has 2 rings (SSSR count). The van der Waals surface area contributed by atoms with E-state index >= 15 is 0 Å². The Balaban J connectivity index is 2.13. The van der Waals surface area contributed by atoms with Gasteiger partial charge in [0.05, 0.1) is 24.2 Å². The van der Waals surface area contributed by atoms with Crippen LogP contribution in [0.1, 0.15) is 22.8 Å². The number of aliphatic hydroxyl groups excluding tert-OH is 1. The molecule has 130 valence electrons. The second-order valence-electron chi connectivity index (χ2n) is 5.66. The maximum Gasteiger partial charge on any atom is 0.240 e. The van der Waals surface area contributed by atoms with E-state index in [2.05, 4.69) is 4.72 Å². The first-order chi connectivity index (χ1) is 11.4. The van der Waals surface area contributed by atoms with Gasteiger partial charge in [-0.15, -0.1) is 0 Å². The zero-order valence-corrected chi connectivity index (χ0v) is 14.7. The number of hydrogen-bond acceptors (Lipinski definition) is 4.